The van der Waals surface area contributed by atoms with E-state index in [2.05, 4.69) is 33.5 Å². The normalized spacial score (nSPS) is 22.3. The highest BCUT2D eigenvalue weighted by atomic mass is 79.9. The first-order chi connectivity index (χ1) is 9.49. The number of nitro benzene ring substituents is 1. The Kier molecular flexibility index (Phi) is 4.72. The Morgan fingerprint density at radius 1 is 1.55 bits per heavy atom. The molecule has 1 aliphatic rings. The van der Waals surface area contributed by atoms with Crippen LogP contribution < -0.4 is 10.6 Å². The summed E-state index contributed by atoms with van der Waals surface area (Å²) in [5, 5.41) is 16.9. The summed E-state index contributed by atoms with van der Waals surface area (Å²) in [5.74, 6) is 0.198. The smallest absolute Gasteiger partial charge is 0.270 e. The highest BCUT2D eigenvalue weighted by Crippen LogP contribution is 2.23. The zero-order chi connectivity index (χ0) is 14.7. The fourth-order valence-electron chi connectivity index (χ4n) is 2.23. The van der Waals surface area contributed by atoms with Gasteiger partial charge in [-0.3, -0.25) is 14.9 Å². The van der Waals surface area contributed by atoms with E-state index in [1.54, 1.807) is 0 Å². The molecule has 1 aromatic carbocycles. The molecule has 0 saturated carbocycles. The second-order valence-corrected chi connectivity index (χ2v) is 5.83. The van der Waals surface area contributed by atoms with Gasteiger partial charge in [-0.15, -0.1) is 0 Å². The van der Waals surface area contributed by atoms with E-state index >= 15 is 0 Å². The van der Waals surface area contributed by atoms with Crippen LogP contribution in [-0.4, -0.2) is 30.0 Å². The summed E-state index contributed by atoms with van der Waals surface area (Å²) in [5.41, 5.74) is 0.370. The molecule has 2 rings (SSSR count). The van der Waals surface area contributed by atoms with Crippen molar-refractivity contribution in [3.8, 4) is 0 Å². The predicted molar refractivity (Wildman–Crippen MR) is 78.7 cm³/mol. The van der Waals surface area contributed by atoms with E-state index in [0.29, 0.717) is 16.0 Å². The molecule has 0 spiro atoms. The van der Waals surface area contributed by atoms with Gasteiger partial charge >= 0.3 is 0 Å². The molecule has 0 aromatic heterocycles. The molecular formula is C13H16BrN3O3. The lowest BCUT2D eigenvalue weighted by molar-refractivity contribution is -0.384. The van der Waals surface area contributed by atoms with E-state index in [4.69, 9.17) is 0 Å². The number of carbonyl (C=O) groups is 1. The quantitative estimate of drug-likeness (QED) is 0.651. The van der Waals surface area contributed by atoms with Gasteiger partial charge in [0.25, 0.3) is 11.6 Å². The molecule has 1 saturated heterocycles. The van der Waals surface area contributed by atoms with Crippen molar-refractivity contribution >= 4 is 27.5 Å². The van der Waals surface area contributed by atoms with Crippen molar-refractivity contribution < 1.29 is 9.72 Å². The van der Waals surface area contributed by atoms with Crippen LogP contribution in [0.15, 0.2) is 22.7 Å². The fourth-order valence-corrected chi connectivity index (χ4v) is 2.78. The largest absolute Gasteiger partial charge is 0.348 e. The lowest BCUT2D eigenvalue weighted by Gasteiger charge is -2.30. The fraction of sp³-hybridized carbons (Fsp3) is 0.462. The van der Waals surface area contributed by atoms with Gasteiger partial charge in [-0.05, 0) is 40.9 Å². The minimum absolute atomic E-state index is 0.0406. The van der Waals surface area contributed by atoms with E-state index in [9.17, 15) is 14.9 Å². The molecule has 1 aliphatic heterocycles. The molecule has 0 radical (unpaired) electrons. The number of amides is 1. The summed E-state index contributed by atoms with van der Waals surface area (Å²) < 4.78 is 0.431. The van der Waals surface area contributed by atoms with Gasteiger partial charge in [0.1, 0.15) is 0 Å². The number of hydrogen-bond acceptors (Lipinski definition) is 4. The first kappa shape index (κ1) is 14.9. The molecule has 1 amide bonds. The molecule has 1 aromatic rings. The lowest BCUT2D eigenvalue weighted by atomic mass is 9.94. The van der Waals surface area contributed by atoms with E-state index < -0.39 is 4.92 Å². The minimum Gasteiger partial charge on any atom is -0.348 e. The van der Waals surface area contributed by atoms with Gasteiger partial charge in [-0.2, -0.15) is 0 Å². The van der Waals surface area contributed by atoms with Crippen molar-refractivity contribution in [3.63, 3.8) is 0 Å². The Morgan fingerprint density at radius 3 is 2.90 bits per heavy atom. The average molecular weight is 342 g/mol. The molecule has 2 atom stereocenters. The van der Waals surface area contributed by atoms with E-state index in [0.717, 1.165) is 19.5 Å². The lowest BCUT2D eigenvalue weighted by Crippen LogP contribution is -2.50. The van der Waals surface area contributed by atoms with Gasteiger partial charge in [-0.25, -0.2) is 0 Å². The molecule has 6 nitrogen and oxygen atoms in total. The van der Waals surface area contributed by atoms with Crippen molar-refractivity contribution in [2.45, 2.75) is 19.4 Å². The zero-order valence-electron chi connectivity index (χ0n) is 11.1. The predicted octanol–water partition coefficient (Wildman–Crippen LogP) is 2.09. The van der Waals surface area contributed by atoms with E-state index in [1.807, 2.05) is 0 Å². The Labute approximate surface area is 125 Å². The SMILES string of the molecule is CC1CCNCC1NC(=O)c1ccc([N+](=O)[O-])cc1Br. The summed E-state index contributed by atoms with van der Waals surface area (Å²) in [6.07, 6.45) is 1.02. The maximum absolute atomic E-state index is 12.2. The summed E-state index contributed by atoms with van der Waals surface area (Å²) in [6.45, 7) is 3.82. The number of nitrogens with zero attached hydrogens (tertiary/aromatic N) is 1. The molecule has 7 heteroatoms. The molecule has 1 heterocycles. The molecule has 0 bridgehead atoms. The number of hydrogen-bond donors (Lipinski definition) is 2. The number of nitro groups is 1. The van der Waals surface area contributed by atoms with Crippen LogP contribution in [0.25, 0.3) is 0 Å². The number of carbonyl (C=O) groups excluding carboxylic acids is 1. The van der Waals surface area contributed by atoms with Crippen LogP contribution >= 0.6 is 15.9 Å². The Morgan fingerprint density at radius 2 is 2.30 bits per heavy atom. The van der Waals surface area contributed by atoms with Crippen molar-refractivity contribution in [2.24, 2.45) is 5.92 Å². The van der Waals surface area contributed by atoms with Crippen molar-refractivity contribution in [2.75, 3.05) is 13.1 Å². The topological polar surface area (TPSA) is 84.3 Å². The molecule has 2 N–H and O–H groups in total. The minimum atomic E-state index is -0.487. The van der Waals surface area contributed by atoms with Gasteiger partial charge in [-0.1, -0.05) is 6.92 Å². The Bertz CT molecular complexity index is 536. The van der Waals surface area contributed by atoms with E-state index in [-0.39, 0.29) is 17.6 Å². The number of halogens is 1. The molecule has 2 unspecified atom stereocenters. The Balaban J connectivity index is 2.11. The van der Waals surface area contributed by atoms with Crippen LogP contribution in [0.1, 0.15) is 23.7 Å². The highest BCUT2D eigenvalue weighted by Gasteiger charge is 2.24. The molecule has 1 fully saturated rings. The third-order valence-electron chi connectivity index (χ3n) is 3.55. The first-order valence-corrected chi connectivity index (χ1v) is 7.24. The monoisotopic (exact) mass is 341 g/mol. The maximum Gasteiger partial charge on any atom is 0.270 e. The van der Waals surface area contributed by atoms with Crippen LogP contribution in [0, 0.1) is 16.0 Å². The number of nitrogens with one attached hydrogen (secondary N) is 2. The van der Waals surface area contributed by atoms with E-state index in [1.165, 1.54) is 18.2 Å². The van der Waals surface area contributed by atoms with Crippen LogP contribution in [0.3, 0.4) is 0 Å². The van der Waals surface area contributed by atoms with Crippen molar-refractivity contribution in [3.05, 3.63) is 38.3 Å². The third kappa shape index (κ3) is 3.34. The Hall–Kier alpha value is -1.47. The first-order valence-electron chi connectivity index (χ1n) is 6.44. The highest BCUT2D eigenvalue weighted by molar-refractivity contribution is 9.10. The molecule has 108 valence electrons. The van der Waals surface area contributed by atoms with Crippen LogP contribution in [-0.2, 0) is 0 Å². The molecular weight excluding hydrogens is 326 g/mol. The van der Waals surface area contributed by atoms with Crippen LogP contribution in [0.4, 0.5) is 5.69 Å². The standard InChI is InChI=1S/C13H16BrN3O3/c1-8-4-5-15-7-12(8)16-13(18)10-3-2-9(17(19)20)6-11(10)14/h2-3,6,8,12,15H,4-5,7H2,1H3,(H,16,18). The molecule has 20 heavy (non-hydrogen) atoms. The van der Waals surface area contributed by atoms with Gasteiger partial charge in [0.05, 0.1) is 10.5 Å². The summed E-state index contributed by atoms with van der Waals surface area (Å²) in [7, 11) is 0. The summed E-state index contributed by atoms with van der Waals surface area (Å²) >= 11 is 3.22. The van der Waals surface area contributed by atoms with Crippen molar-refractivity contribution in [1.29, 1.82) is 0 Å². The maximum atomic E-state index is 12.2. The number of rotatable bonds is 3. The van der Waals surface area contributed by atoms with Gasteiger partial charge in [0.15, 0.2) is 0 Å². The second-order valence-electron chi connectivity index (χ2n) is 4.97. The van der Waals surface area contributed by atoms with Gasteiger partial charge in [0.2, 0.25) is 0 Å². The molecule has 0 aliphatic carbocycles. The number of benzene rings is 1. The van der Waals surface area contributed by atoms with Crippen molar-refractivity contribution in [1.82, 2.24) is 10.6 Å². The second kappa shape index (κ2) is 6.32. The number of piperidine rings is 1. The van der Waals surface area contributed by atoms with Crippen LogP contribution in [0.2, 0.25) is 0 Å². The zero-order valence-corrected chi connectivity index (χ0v) is 12.6. The third-order valence-corrected chi connectivity index (χ3v) is 4.21. The van der Waals surface area contributed by atoms with Gasteiger partial charge in [0, 0.05) is 29.2 Å². The summed E-state index contributed by atoms with van der Waals surface area (Å²) in [6, 6.07) is 4.23. The number of non-ortho nitro benzene ring substituents is 1. The average Bonchev–Trinajstić information content (AvgIpc) is 2.41. The summed E-state index contributed by atoms with van der Waals surface area (Å²) in [4.78, 5) is 22.4. The van der Waals surface area contributed by atoms with Crippen LogP contribution in [0.5, 0.6) is 0 Å². The van der Waals surface area contributed by atoms with Gasteiger partial charge < -0.3 is 10.6 Å².